The minimum atomic E-state index is -0.501. The number of rotatable bonds is 4. The Balaban J connectivity index is 3.07. The fourth-order valence-corrected chi connectivity index (χ4v) is 1.90. The van der Waals surface area contributed by atoms with Crippen molar-refractivity contribution in [1.82, 2.24) is 0 Å². The molecule has 1 nitrogen and oxygen atoms in total. The van der Waals surface area contributed by atoms with Crippen LogP contribution in [-0.4, -0.2) is 32.7 Å². The van der Waals surface area contributed by atoms with Crippen molar-refractivity contribution in [3.05, 3.63) is 0 Å². The van der Waals surface area contributed by atoms with Gasteiger partial charge in [-0.05, 0) is 19.4 Å². The van der Waals surface area contributed by atoms with Gasteiger partial charge < -0.3 is 5.73 Å². The Hall–Kier alpha value is 0.390. The number of hydrogen-bond acceptors (Lipinski definition) is 1. The van der Waals surface area contributed by atoms with E-state index in [2.05, 4.69) is 20.0 Å². The molecule has 0 fully saturated rings. The van der Waals surface area contributed by atoms with Gasteiger partial charge in [0, 0.05) is 27.3 Å². The van der Waals surface area contributed by atoms with Crippen molar-refractivity contribution >= 4 is 7.26 Å². The van der Waals surface area contributed by atoms with Crippen molar-refractivity contribution < 1.29 is 0 Å². The van der Waals surface area contributed by atoms with Crippen molar-refractivity contribution in [3.8, 4) is 0 Å². The highest BCUT2D eigenvalue weighted by molar-refractivity contribution is 7.73. The van der Waals surface area contributed by atoms with Gasteiger partial charge >= 0.3 is 0 Å². The van der Waals surface area contributed by atoms with Crippen LogP contribution in [0.15, 0.2) is 0 Å². The average molecular weight is 148 g/mol. The van der Waals surface area contributed by atoms with Crippen LogP contribution in [0.5, 0.6) is 0 Å². The highest BCUT2D eigenvalue weighted by atomic mass is 31.2. The molecule has 0 spiro atoms. The van der Waals surface area contributed by atoms with Gasteiger partial charge in [0.1, 0.15) is 0 Å². The normalized spacial score (nSPS) is 12.0. The first-order valence-electron chi connectivity index (χ1n) is 3.57. The molecule has 0 aromatic heterocycles. The summed E-state index contributed by atoms with van der Waals surface area (Å²) in [6.45, 7) is 8.00. The van der Waals surface area contributed by atoms with Crippen molar-refractivity contribution in [2.24, 2.45) is 5.73 Å². The van der Waals surface area contributed by atoms with Crippen LogP contribution in [0, 0.1) is 0 Å². The first-order chi connectivity index (χ1) is 4.06. The summed E-state index contributed by atoms with van der Waals surface area (Å²) in [7, 11) is -0.501. The molecular formula is C7H19NP+. The van der Waals surface area contributed by atoms with E-state index in [1.54, 1.807) is 0 Å². The van der Waals surface area contributed by atoms with Gasteiger partial charge in [-0.3, -0.25) is 0 Å². The van der Waals surface area contributed by atoms with Crippen molar-refractivity contribution in [2.75, 3.05) is 32.7 Å². The fourth-order valence-electron chi connectivity index (χ4n) is 0.730. The van der Waals surface area contributed by atoms with E-state index in [9.17, 15) is 0 Å². The second-order valence-corrected chi connectivity index (χ2v) is 8.54. The van der Waals surface area contributed by atoms with Crippen molar-refractivity contribution in [1.29, 1.82) is 0 Å². The molecule has 2 heteroatoms. The molecule has 0 amide bonds. The smallest absolute Gasteiger partial charge is 0.0586 e. The molecule has 9 heavy (non-hydrogen) atoms. The Labute approximate surface area is 59.4 Å². The Bertz CT molecular complexity index is 65.8. The predicted molar refractivity (Wildman–Crippen MR) is 47.8 cm³/mol. The SMILES string of the molecule is C[P+](C)(C)CCCCN. The molecule has 0 saturated carbocycles. The van der Waals surface area contributed by atoms with Crippen LogP contribution in [0.25, 0.3) is 0 Å². The Morgan fingerprint density at radius 1 is 1.11 bits per heavy atom. The van der Waals surface area contributed by atoms with Crippen LogP contribution < -0.4 is 5.73 Å². The lowest BCUT2D eigenvalue weighted by molar-refractivity contribution is 0.810. The van der Waals surface area contributed by atoms with Gasteiger partial charge in [-0.15, -0.1) is 0 Å². The topological polar surface area (TPSA) is 26.0 Å². The van der Waals surface area contributed by atoms with Gasteiger partial charge in [0.05, 0.1) is 6.16 Å². The van der Waals surface area contributed by atoms with E-state index in [4.69, 9.17) is 5.73 Å². The maximum Gasteiger partial charge on any atom is 0.0586 e. The molecule has 0 unspecified atom stereocenters. The van der Waals surface area contributed by atoms with E-state index in [0.717, 1.165) is 6.54 Å². The van der Waals surface area contributed by atoms with Crippen LogP contribution >= 0.6 is 7.26 Å². The minimum absolute atomic E-state index is 0.501. The highest BCUT2D eigenvalue weighted by Crippen LogP contribution is 2.46. The average Bonchev–Trinajstić information content (AvgIpc) is 1.63. The summed E-state index contributed by atoms with van der Waals surface area (Å²) in [5, 5.41) is 0. The fraction of sp³-hybridized carbons (Fsp3) is 1.00. The Kier molecular flexibility index (Phi) is 4.43. The van der Waals surface area contributed by atoms with Crippen LogP contribution in [0.2, 0.25) is 0 Å². The maximum absolute atomic E-state index is 5.37. The summed E-state index contributed by atoms with van der Waals surface area (Å²) in [5.74, 6) is 0. The molecule has 0 aliphatic carbocycles. The number of unbranched alkanes of at least 4 members (excludes halogenated alkanes) is 1. The van der Waals surface area contributed by atoms with Crippen LogP contribution in [0.3, 0.4) is 0 Å². The molecule has 0 radical (unpaired) electrons. The monoisotopic (exact) mass is 148 g/mol. The lowest BCUT2D eigenvalue weighted by Crippen LogP contribution is -2.01. The van der Waals surface area contributed by atoms with E-state index in [-0.39, 0.29) is 0 Å². The minimum Gasteiger partial charge on any atom is -0.330 e. The zero-order valence-corrected chi connectivity index (χ0v) is 7.75. The molecule has 0 aliphatic rings. The predicted octanol–water partition coefficient (Wildman–Crippen LogP) is 1.63. The summed E-state index contributed by atoms with van der Waals surface area (Å²) < 4.78 is 0. The lowest BCUT2D eigenvalue weighted by Gasteiger charge is -2.10. The summed E-state index contributed by atoms with van der Waals surface area (Å²) >= 11 is 0. The van der Waals surface area contributed by atoms with E-state index in [1.807, 2.05) is 0 Å². The van der Waals surface area contributed by atoms with Gasteiger partial charge in [0.25, 0.3) is 0 Å². The molecule has 56 valence electrons. The van der Waals surface area contributed by atoms with Gasteiger partial charge in [-0.25, -0.2) is 0 Å². The van der Waals surface area contributed by atoms with Crippen LogP contribution in [0.1, 0.15) is 12.8 Å². The van der Waals surface area contributed by atoms with Crippen LogP contribution in [-0.2, 0) is 0 Å². The third kappa shape index (κ3) is 8.39. The Morgan fingerprint density at radius 3 is 2.00 bits per heavy atom. The maximum atomic E-state index is 5.37. The van der Waals surface area contributed by atoms with E-state index in [0.29, 0.717) is 0 Å². The second kappa shape index (κ2) is 4.24. The third-order valence-electron chi connectivity index (χ3n) is 1.28. The second-order valence-electron chi connectivity index (χ2n) is 3.51. The molecule has 0 aromatic rings. The van der Waals surface area contributed by atoms with Gasteiger partial charge in [-0.1, -0.05) is 0 Å². The zero-order chi connectivity index (χ0) is 7.33. The summed E-state index contributed by atoms with van der Waals surface area (Å²) in [5.41, 5.74) is 5.37. The van der Waals surface area contributed by atoms with Gasteiger partial charge in [0.15, 0.2) is 0 Å². The molecule has 0 saturated heterocycles. The first-order valence-corrected chi connectivity index (χ1v) is 6.88. The van der Waals surface area contributed by atoms with E-state index < -0.39 is 7.26 Å². The summed E-state index contributed by atoms with van der Waals surface area (Å²) in [4.78, 5) is 0. The van der Waals surface area contributed by atoms with Gasteiger partial charge in [-0.2, -0.15) is 0 Å². The molecule has 0 aromatic carbocycles. The summed E-state index contributed by atoms with van der Waals surface area (Å²) in [6, 6.07) is 0. The lowest BCUT2D eigenvalue weighted by atomic mass is 10.3. The van der Waals surface area contributed by atoms with E-state index in [1.165, 1.54) is 19.0 Å². The summed E-state index contributed by atoms with van der Waals surface area (Å²) in [6.07, 6.45) is 3.94. The molecule has 0 rings (SSSR count). The third-order valence-corrected chi connectivity index (χ3v) is 2.94. The first kappa shape index (κ1) is 9.39. The highest BCUT2D eigenvalue weighted by Gasteiger charge is 2.14. The quantitative estimate of drug-likeness (QED) is 0.476. The Morgan fingerprint density at radius 2 is 1.67 bits per heavy atom. The number of nitrogens with two attached hydrogens (primary N) is 1. The number of hydrogen-bond donors (Lipinski definition) is 1. The molecule has 0 bridgehead atoms. The van der Waals surface area contributed by atoms with Gasteiger partial charge in [0.2, 0.25) is 0 Å². The molecule has 0 heterocycles. The van der Waals surface area contributed by atoms with Crippen LogP contribution in [0.4, 0.5) is 0 Å². The molecule has 0 aliphatic heterocycles. The molecular weight excluding hydrogens is 129 g/mol. The zero-order valence-electron chi connectivity index (χ0n) is 6.85. The molecule has 0 atom stereocenters. The standard InChI is InChI=1S/C7H19NP/c1-9(2,3)7-5-4-6-8/h4-8H2,1-3H3/q+1. The van der Waals surface area contributed by atoms with E-state index >= 15 is 0 Å². The largest absolute Gasteiger partial charge is 0.330 e. The van der Waals surface area contributed by atoms with Crippen molar-refractivity contribution in [3.63, 3.8) is 0 Å². The molecule has 2 N–H and O–H groups in total. The van der Waals surface area contributed by atoms with Crippen molar-refractivity contribution in [2.45, 2.75) is 12.8 Å².